The highest BCUT2D eigenvalue weighted by Crippen LogP contribution is 2.30. The van der Waals surface area contributed by atoms with Gasteiger partial charge in [0.2, 0.25) is 5.16 Å². The molecule has 0 saturated heterocycles. The van der Waals surface area contributed by atoms with Gasteiger partial charge in [-0.2, -0.15) is 0 Å². The number of methoxy groups -OCH3 is 1. The summed E-state index contributed by atoms with van der Waals surface area (Å²) in [5.74, 6) is 2.23. The van der Waals surface area contributed by atoms with Gasteiger partial charge < -0.3 is 14.8 Å². The van der Waals surface area contributed by atoms with E-state index >= 15 is 0 Å². The van der Waals surface area contributed by atoms with Crippen molar-refractivity contribution in [3.63, 3.8) is 0 Å². The van der Waals surface area contributed by atoms with Crippen molar-refractivity contribution in [2.75, 3.05) is 19.4 Å². The van der Waals surface area contributed by atoms with Crippen LogP contribution in [0.4, 0.5) is 0 Å². The Labute approximate surface area is 183 Å². The van der Waals surface area contributed by atoms with Gasteiger partial charge in [-0.15, -0.1) is 5.10 Å². The van der Waals surface area contributed by atoms with Crippen LogP contribution < -0.4 is 14.8 Å². The maximum atomic E-state index is 6.05. The summed E-state index contributed by atoms with van der Waals surface area (Å²) in [6.07, 6.45) is 0. The number of rotatable bonds is 10. The summed E-state index contributed by atoms with van der Waals surface area (Å²) >= 11 is 13.6. The van der Waals surface area contributed by atoms with E-state index in [2.05, 4.69) is 20.8 Å². The number of aryl methyl sites for hydroxylation is 1. The number of ether oxygens (including phenoxy) is 2. The maximum absolute atomic E-state index is 6.05. The summed E-state index contributed by atoms with van der Waals surface area (Å²) in [4.78, 5) is 0. The highest BCUT2D eigenvalue weighted by atomic mass is 35.5. The van der Waals surface area contributed by atoms with Crippen molar-refractivity contribution < 1.29 is 9.47 Å². The van der Waals surface area contributed by atoms with E-state index in [4.69, 9.17) is 32.7 Å². The molecule has 1 aromatic heterocycles. The molecule has 0 aliphatic rings. The van der Waals surface area contributed by atoms with Gasteiger partial charge in [0.25, 0.3) is 0 Å². The van der Waals surface area contributed by atoms with Crippen molar-refractivity contribution >= 4 is 35.0 Å². The largest absolute Gasteiger partial charge is 0.493 e. The van der Waals surface area contributed by atoms with Crippen LogP contribution in [0.25, 0.3) is 0 Å². The molecule has 0 aliphatic heterocycles. The van der Waals surface area contributed by atoms with Gasteiger partial charge in [-0.3, -0.25) is 0 Å². The molecule has 2 aromatic carbocycles. The van der Waals surface area contributed by atoms with Crippen molar-refractivity contribution in [3.05, 3.63) is 57.6 Å². The fraction of sp³-hybridized carbons (Fsp3) is 0.316. The normalized spacial score (nSPS) is 10.9. The van der Waals surface area contributed by atoms with Gasteiger partial charge in [0, 0.05) is 25.9 Å². The molecule has 1 N–H and O–H groups in total. The van der Waals surface area contributed by atoms with Crippen LogP contribution in [0.1, 0.15) is 11.1 Å². The first-order valence-corrected chi connectivity index (χ1v) is 10.6. The first-order chi connectivity index (χ1) is 14.1. The minimum Gasteiger partial charge on any atom is -0.493 e. The highest BCUT2D eigenvalue weighted by molar-refractivity contribution is 7.99. The number of aromatic nitrogens is 4. The molecule has 0 fully saturated rings. The van der Waals surface area contributed by atoms with E-state index in [1.54, 1.807) is 35.7 Å². The van der Waals surface area contributed by atoms with Crippen molar-refractivity contribution in [3.8, 4) is 11.5 Å². The second-order valence-electron chi connectivity index (χ2n) is 6.13. The molecule has 154 valence electrons. The first kappa shape index (κ1) is 21.7. The lowest BCUT2D eigenvalue weighted by Gasteiger charge is -2.13. The molecule has 10 heteroatoms. The van der Waals surface area contributed by atoms with E-state index in [0.29, 0.717) is 28.2 Å². The number of thioether (sulfide) groups is 1. The van der Waals surface area contributed by atoms with Crippen LogP contribution in [-0.4, -0.2) is 39.6 Å². The Hall–Kier alpha value is -2.00. The molecule has 0 spiro atoms. The third-order valence-electron chi connectivity index (χ3n) is 4.03. The molecule has 3 rings (SSSR count). The molecule has 0 unspecified atom stereocenters. The van der Waals surface area contributed by atoms with Crippen LogP contribution in [0.15, 0.2) is 41.6 Å². The number of halogens is 2. The Morgan fingerprint density at radius 1 is 1.07 bits per heavy atom. The number of hydrogen-bond donors (Lipinski definition) is 1. The second-order valence-corrected chi connectivity index (χ2v) is 8.01. The van der Waals surface area contributed by atoms with Gasteiger partial charge in [-0.25, -0.2) is 4.68 Å². The number of benzene rings is 2. The van der Waals surface area contributed by atoms with E-state index < -0.39 is 0 Å². The molecule has 0 atom stereocenters. The quantitative estimate of drug-likeness (QED) is 0.367. The smallest absolute Gasteiger partial charge is 0.209 e. The molecule has 29 heavy (non-hydrogen) atoms. The summed E-state index contributed by atoms with van der Waals surface area (Å²) in [6.45, 7) is 1.93. The predicted octanol–water partition coefficient (Wildman–Crippen LogP) is 3.99. The van der Waals surface area contributed by atoms with E-state index in [1.165, 1.54) is 0 Å². The van der Waals surface area contributed by atoms with Gasteiger partial charge in [-0.1, -0.05) is 47.1 Å². The fourth-order valence-corrected chi connectivity index (χ4v) is 3.59. The van der Waals surface area contributed by atoms with E-state index in [1.807, 2.05) is 31.3 Å². The third-order valence-corrected chi connectivity index (χ3v) is 5.78. The summed E-state index contributed by atoms with van der Waals surface area (Å²) in [5.41, 5.74) is 2.04. The zero-order valence-electron chi connectivity index (χ0n) is 16.1. The van der Waals surface area contributed by atoms with Crippen LogP contribution in [0, 0.1) is 0 Å². The van der Waals surface area contributed by atoms with Crippen molar-refractivity contribution in [1.82, 2.24) is 25.5 Å². The molecular weight excluding hydrogens is 433 g/mol. The molecule has 0 aliphatic carbocycles. The highest BCUT2D eigenvalue weighted by Gasteiger charge is 2.08. The van der Waals surface area contributed by atoms with Crippen LogP contribution in [0.3, 0.4) is 0 Å². The summed E-state index contributed by atoms with van der Waals surface area (Å²) in [6, 6.07) is 11.3. The Kier molecular flexibility index (Phi) is 8.00. The van der Waals surface area contributed by atoms with Gasteiger partial charge >= 0.3 is 0 Å². The number of nitrogens with zero attached hydrogens (tertiary/aromatic N) is 4. The maximum Gasteiger partial charge on any atom is 0.209 e. The van der Waals surface area contributed by atoms with Crippen molar-refractivity contribution in [1.29, 1.82) is 0 Å². The second kappa shape index (κ2) is 10.7. The lowest BCUT2D eigenvalue weighted by atomic mass is 10.2. The molecule has 0 saturated carbocycles. The summed E-state index contributed by atoms with van der Waals surface area (Å²) in [7, 11) is 3.46. The lowest BCUT2D eigenvalue weighted by Crippen LogP contribution is -2.16. The fourth-order valence-electron chi connectivity index (χ4n) is 2.52. The molecular formula is C19H21Cl2N5O2S. The van der Waals surface area contributed by atoms with Crippen LogP contribution in [0.5, 0.6) is 11.5 Å². The summed E-state index contributed by atoms with van der Waals surface area (Å²) in [5, 5.41) is 16.6. The minimum absolute atomic E-state index is 0.374. The molecule has 0 radical (unpaired) electrons. The zero-order valence-corrected chi connectivity index (χ0v) is 18.4. The Morgan fingerprint density at radius 3 is 2.62 bits per heavy atom. The molecule has 0 amide bonds. The standard InChI is InChI=1S/C19H21Cl2N5O2S/c1-26-19(23-24-25-26)29-8-7-22-11-13-4-6-17(18(10-13)27-2)28-12-14-3-5-15(20)16(21)9-14/h3-6,9-10,22H,7-8,11-12H2,1-2H3. The van der Waals surface area contributed by atoms with Crippen LogP contribution >= 0.6 is 35.0 Å². The topological polar surface area (TPSA) is 74.1 Å². The van der Waals surface area contributed by atoms with Crippen molar-refractivity contribution in [2.45, 2.75) is 18.3 Å². The lowest BCUT2D eigenvalue weighted by molar-refractivity contribution is 0.284. The monoisotopic (exact) mass is 453 g/mol. The molecule has 7 nitrogen and oxygen atoms in total. The average molecular weight is 454 g/mol. The minimum atomic E-state index is 0.374. The summed E-state index contributed by atoms with van der Waals surface area (Å²) < 4.78 is 13.0. The Morgan fingerprint density at radius 2 is 1.90 bits per heavy atom. The van der Waals surface area contributed by atoms with E-state index in [0.717, 1.165) is 35.1 Å². The number of nitrogens with one attached hydrogen (secondary N) is 1. The molecule has 1 heterocycles. The Balaban J connectivity index is 1.48. The molecule has 0 bridgehead atoms. The third kappa shape index (κ3) is 6.24. The van der Waals surface area contributed by atoms with Crippen LogP contribution in [-0.2, 0) is 20.2 Å². The Bertz CT molecular complexity index is 954. The number of hydrogen-bond acceptors (Lipinski definition) is 7. The van der Waals surface area contributed by atoms with E-state index in [9.17, 15) is 0 Å². The number of tetrazole rings is 1. The van der Waals surface area contributed by atoms with E-state index in [-0.39, 0.29) is 0 Å². The van der Waals surface area contributed by atoms with Crippen molar-refractivity contribution in [2.24, 2.45) is 7.05 Å². The van der Waals surface area contributed by atoms with Gasteiger partial charge in [0.05, 0.1) is 17.2 Å². The van der Waals surface area contributed by atoms with Gasteiger partial charge in [0.15, 0.2) is 11.5 Å². The zero-order chi connectivity index (χ0) is 20.6. The van der Waals surface area contributed by atoms with Gasteiger partial charge in [0.1, 0.15) is 6.61 Å². The van der Waals surface area contributed by atoms with Gasteiger partial charge in [-0.05, 0) is 45.8 Å². The SMILES string of the molecule is COc1cc(CNCCSc2nnnn2C)ccc1OCc1ccc(Cl)c(Cl)c1. The van der Waals surface area contributed by atoms with Crippen LogP contribution in [0.2, 0.25) is 10.0 Å². The molecule has 3 aromatic rings. The predicted molar refractivity (Wildman–Crippen MR) is 115 cm³/mol. The first-order valence-electron chi connectivity index (χ1n) is 8.86. The average Bonchev–Trinajstić information content (AvgIpc) is 3.13.